The zero-order valence-electron chi connectivity index (χ0n) is 20.7. The van der Waals surface area contributed by atoms with Gasteiger partial charge in [-0.25, -0.2) is 19.4 Å². The molecule has 0 aromatic heterocycles. The van der Waals surface area contributed by atoms with E-state index >= 15 is 0 Å². The summed E-state index contributed by atoms with van der Waals surface area (Å²) in [6, 6.07) is 7.46. The van der Waals surface area contributed by atoms with E-state index in [0.717, 1.165) is 9.80 Å². The first-order chi connectivity index (χ1) is 17.9. The van der Waals surface area contributed by atoms with Gasteiger partial charge in [-0.3, -0.25) is 19.2 Å². The molecule has 0 spiro atoms. The van der Waals surface area contributed by atoms with Crippen LogP contribution in [0.1, 0.15) is 84.4 Å². The Balaban J connectivity index is 1.64. The minimum atomic E-state index is -1.23. The molecule has 190 valence electrons. The van der Waals surface area contributed by atoms with Crippen LogP contribution in [0.4, 0.5) is 11.4 Å². The summed E-state index contributed by atoms with van der Waals surface area (Å²) < 4.78 is 0. The fourth-order valence-electron chi connectivity index (χ4n) is 5.10. The zero-order chi connectivity index (χ0) is 27.8. The Morgan fingerprint density at radius 2 is 0.816 bits per heavy atom. The molecule has 2 heterocycles. The van der Waals surface area contributed by atoms with Crippen molar-refractivity contribution in [2.24, 2.45) is 0 Å². The highest BCUT2D eigenvalue weighted by Gasteiger charge is 2.42. The number of carboxylic acid groups (broad SMARTS) is 2. The van der Waals surface area contributed by atoms with Crippen molar-refractivity contribution >= 4 is 46.9 Å². The predicted molar refractivity (Wildman–Crippen MR) is 134 cm³/mol. The zero-order valence-corrected chi connectivity index (χ0v) is 20.7. The number of rotatable bonds is 4. The van der Waals surface area contributed by atoms with Gasteiger partial charge >= 0.3 is 11.9 Å². The third kappa shape index (κ3) is 3.20. The predicted octanol–water partition coefficient (Wildman–Crippen LogP) is 3.92. The van der Waals surface area contributed by atoms with Crippen LogP contribution in [0.3, 0.4) is 0 Å². The number of imide groups is 2. The molecule has 5 rings (SSSR count). The summed E-state index contributed by atoms with van der Waals surface area (Å²) in [4.78, 5) is 78.0. The molecular weight excluding hydrogens is 492 g/mol. The Hall–Kier alpha value is -5.12. The molecule has 2 aliphatic heterocycles. The van der Waals surface area contributed by atoms with Gasteiger partial charge in [-0.2, -0.15) is 0 Å². The van der Waals surface area contributed by atoms with Gasteiger partial charge in [-0.1, -0.05) is 0 Å². The lowest BCUT2D eigenvalue weighted by molar-refractivity contribution is 0.0686. The Kier molecular flexibility index (Phi) is 5.30. The summed E-state index contributed by atoms with van der Waals surface area (Å²) in [5.74, 6) is -5.03. The number of benzene rings is 3. The van der Waals surface area contributed by atoms with E-state index in [1.54, 1.807) is 27.7 Å². The largest absolute Gasteiger partial charge is 0.478 e. The van der Waals surface area contributed by atoms with Crippen molar-refractivity contribution in [2.45, 2.75) is 27.7 Å². The number of aromatic carboxylic acids is 2. The van der Waals surface area contributed by atoms with Crippen LogP contribution in [0, 0.1) is 27.7 Å². The molecule has 10 heteroatoms. The lowest BCUT2D eigenvalue weighted by Crippen LogP contribution is -2.34. The summed E-state index contributed by atoms with van der Waals surface area (Å²) in [6.45, 7) is 6.64. The second-order valence-electron chi connectivity index (χ2n) is 9.22. The van der Waals surface area contributed by atoms with Crippen LogP contribution < -0.4 is 9.80 Å². The van der Waals surface area contributed by atoms with Crippen molar-refractivity contribution < 1.29 is 39.0 Å². The molecule has 2 aliphatic rings. The Morgan fingerprint density at radius 3 is 1.11 bits per heavy atom. The average molecular weight is 512 g/mol. The van der Waals surface area contributed by atoms with Crippen LogP contribution in [0.5, 0.6) is 0 Å². The Bertz CT molecular complexity index is 1550. The van der Waals surface area contributed by atoms with E-state index in [9.17, 15) is 39.0 Å². The van der Waals surface area contributed by atoms with E-state index in [-0.39, 0.29) is 44.8 Å². The van der Waals surface area contributed by atoms with Gasteiger partial charge in [-0.05, 0) is 86.3 Å². The van der Waals surface area contributed by atoms with Gasteiger partial charge in [0.1, 0.15) is 0 Å². The molecular formula is C28H20N2O8. The van der Waals surface area contributed by atoms with Crippen molar-refractivity contribution in [3.8, 4) is 0 Å². The van der Waals surface area contributed by atoms with E-state index in [1.165, 1.54) is 36.4 Å². The fraction of sp³-hybridized carbons (Fsp3) is 0.143. The lowest BCUT2D eigenvalue weighted by Gasteiger charge is -2.28. The molecule has 3 aromatic carbocycles. The maximum atomic E-state index is 13.3. The first kappa shape index (κ1) is 24.6. The second kappa shape index (κ2) is 8.20. The van der Waals surface area contributed by atoms with E-state index in [0.29, 0.717) is 22.3 Å². The van der Waals surface area contributed by atoms with Gasteiger partial charge in [0.2, 0.25) is 0 Å². The molecule has 0 bridgehead atoms. The topological polar surface area (TPSA) is 149 Å². The van der Waals surface area contributed by atoms with Gasteiger partial charge in [0.05, 0.1) is 44.8 Å². The van der Waals surface area contributed by atoms with E-state index in [2.05, 4.69) is 0 Å². The molecule has 4 amide bonds. The first-order valence-corrected chi connectivity index (χ1v) is 11.5. The number of hydrogen-bond donors (Lipinski definition) is 2. The van der Waals surface area contributed by atoms with Crippen LogP contribution in [0.2, 0.25) is 0 Å². The van der Waals surface area contributed by atoms with E-state index < -0.39 is 35.6 Å². The SMILES string of the molecule is Cc1c(C)c(N2C(=O)c3ccc(C(=O)O)cc3C2=O)c(C)c(C)c1N1C(=O)c2ccc(C(=O)O)cc2C1=O. The average Bonchev–Trinajstić information content (AvgIpc) is 3.27. The minimum absolute atomic E-state index is 0.0253. The van der Waals surface area contributed by atoms with Crippen LogP contribution in [-0.2, 0) is 0 Å². The van der Waals surface area contributed by atoms with Crippen LogP contribution in [-0.4, -0.2) is 45.8 Å². The maximum Gasteiger partial charge on any atom is 0.335 e. The van der Waals surface area contributed by atoms with Crippen LogP contribution in [0.15, 0.2) is 36.4 Å². The highest BCUT2D eigenvalue weighted by atomic mass is 16.4. The Labute approximate surface area is 215 Å². The van der Waals surface area contributed by atoms with Gasteiger partial charge in [0.25, 0.3) is 23.6 Å². The van der Waals surface area contributed by atoms with Crippen molar-refractivity contribution in [3.05, 3.63) is 92.0 Å². The quantitative estimate of drug-likeness (QED) is 0.500. The Morgan fingerprint density at radius 1 is 0.526 bits per heavy atom. The summed E-state index contributed by atoms with van der Waals surface area (Å²) >= 11 is 0. The lowest BCUT2D eigenvalue weighted by atomic mass is 9.94. The van der Waals surface area contributed by atoms with Crippen molar-refractivity contribution in [1.29, 1.82) is 0 Å². The number of carbonyl (C=O) groups is 6. The van der Waals surface area contributed by atoms with Gasteiger partial charge in [0.15, 0.2) is 0 Å². The van der Waals surface area contributed by atoms with Crippen LogP contribution in [0.25, 0.3) is 0 Å². The van der Waals surface area contributed by atoms with Crippen molar-refractivity contribution in [1.82, 2.24) is 0 Å². The van der Waals surface area contributed by atoms with Crippen molar-refractivity contribution in [3.63, 3.8) is 0 Å². The molecule has 0 atom stereocenters. The number of hydrogen-bond acceptors (Lipinski definition) is 6. The molecule has 3 aromatic rings. The fourth-order valence-corrected chi connectivity index (χ4v) is 5.10. The van der Waals surface area contributed by atoms with Gasteiger partial charge in [0, 0.05) is 0 Å². The molecule has 2 N–H and O–H groups in total. The molecule has 0 radical (unpaired) electrons. The number of nitrogens with zero attached hydrogens (tertiary/aromatic N) is 2. The summed E-state index contributed by atoms with van der Waals surface area (Å²) in [6.07, 6.45) is 0. The maximum absolute atomic E-state index is 13.3. The van der Waals surface area contributed by atoms with Gasteiger partial charge in [-0.15, -0.1) is 0 Å². The molecule has 0 unspecified atom stereocenters. The monoisotopic (exact) mass is 512 g/mol. The number of fused-ring (bicyclic) bond motifs is 2. The third-order valence-corrected chi connectivity index (χ3v) is 7.26. The minimum Gasteiger partial charge on any atom is -0.478 e. The molecule has 0 fully saturated rings. The highest BCUT2D eigenvalue weighted by Crippen LogP contribution is 2.43. The molecule has 0 aliphatic carbocycles. The number of anilines is 2. The van der Waals surface area contributed by atoms with E-state index in [4.69, 9.17) is 0 Å². The molecule has 0 saturated heterocycles. The standard InChI is InChI=1S/C28H20N2O8/c1-11-12(2)22(30-24(32)18-8-6-16(28(37)38)10-20(18)26(30)34)14(4)13(3)21(11)29-23(31)17-7-5-15(27(35)36)9-19(17)25(29)33/h5-10H,1-4H3,(H,35,36)(H,37,38). The number of carboxylic acids is 2. The number of carbonyl (C=O) groups excluding carboxylic acids is 4. The number of amides is 4. The summed E-state index contributed by atoms with van der Waals surface area (Å²) in [5, 5.41) is 18.6. The highest BCUT2D eigenvalue weighted by molar-refractivity contribution is 6.37. The van der Waals surface area contributed by atoms with Gasteiger partial charge < -0.3 is 10.2 Å². The van der Waals surface area contributed by atoms with E-state index in [1.807, 2.05) is 0 Å². The third-order valence-electron chi connectivity index (χ3n) is 7.26. The normalized spacial score (nSPS) is 14.3. The van der Waals surface area contributed by atoms with Crippen LogP contribution >= 0.6 is 0 Å². The molecule has 0 saturated carbocycles. The smallest absolute Gasteiger partial charge is 0.335 e. The first-order valence-electron chi connectivity index (χ1n) is 11.5. The van der Waals surface area contributed by atoms with Crippen molar-refractivity contribution in [2.75, 3.05) is 9.80 Å². The summed E-state index contributed by atoms with van der Waals surface area (Å²) in [7, 11) is 0. The second-order valence-corrected chi connectivity index (χ2v) is 9.22. The summed E-state index contributed by atoms with van der Waals surface area (Å²) in [5.41, 5.74) is 2.31. The molecule has 38 heavy (non-hydrogen) atoms. The molecule has 10 nitrogen and oxygen atoms in total.